The molecule has 0 bridgehead atoms. The van der Waals surface area contributed by atoms with Crippen molar-refractivity contribution in [3.8, 4) is 5.75 Å². The molecule has 1 amide bonds. The smallest absolute Gasteiger partial charge is 0.352 e. The van der Waals surface area contributed by atoms with Crippen molar-refractivity contribution in [2.75, 3.05) is 20.3 Å². The third-order valence-electron chi connectivity index (χ3n) is 5.94. The molecule has 0 saturated carbocycles. The number of ether oxygens (including phenoxy) is 2. The zero-order valence-corrected chi connectivity index (χ0v) is 22.1. The molecule has 1 aromatic carbocycles. The van der Waals surface area contributed by atoms with E-state index in [9.17, 15) is 19.1 Å². The van der Waals surface area contributed by atoms with Crippen LogP contribution in [0.4, 0.5) is 0 Å². The summed E-state index contributed by atoms with van der Waals surface area (Å²) in [7, 11) is -3.07. The number of carbonyl (C=O) groups excluding carboxylic acids is 1. The zero-order chi connectivity index (χ0) is 25.1. The van der Waals surface area contributed by atoms with E-state index in [1.165, 1.54) is 96.3 Å². The highest BCUT2D eigenvalue weighted by Gasteiger charge is 2.32. The van der Waals surface area contributed by atoms with Gasteiger partial charge in [-0.05, 0) is 24.1 Å². The van der Waals surface area contributed by atoms with Crippen molar-refractivity contribution in [2.24, 2.45) is 0 Å². The van der Waals surface area contributed by atoms with E-state index in [-0.39, 0.29) is 6.61 Å². The highest BCUT2D eigenvalue weighted by molar-refractivity contribution is 7.52. The predicted octanol–water partition coefficient (Wildman–Crippen LogP) is 6.49. The first kappa shape index (κ1) is 30.6. The van der Waals surface area contributed by atoms with Crippen molar-refractivity contribution in [1.29, 1.82) is 0 Å². The van der Waals surface area contributed by atoms with Crippen molar-refractivity contribution in [3.63, 3.8) is 0 Å². The Bertz CT molecular complexity index is 691. The molecule has 1 aromatic rings. The minimum absolute atomic E-state index is 0.217. The second-order valence-electron chi connectivity index (χ2n) is 8.98. The lowest BCUT2D eigenvalue weighted by atomic mass is 10.0. The second-order valence-corrected chi connectivity index (χ2v) is 10.7. The third kappa shape index (κ3) is 14.8. The summed E-state index contributed by atoms with van der Waals surface area (Å²) in [6, 6.07) is 6.24. The summed E-state index contributed by atoms with van der Waals surface area (Å²) in [6.45, 7) is 2.50. The molecular formula is C26H46NO6P. The van der Waals surface area contributed by atoms with Gasteiger partial charge in [-0.15, -0.1) is 0 Å². The average molecular weight is 500 g/mol. The van der Waals surface area contributed by atoms with Crippen LogP contribution in [-0.4, -0.2) is 36.0 Å². The summed E-state index contributed by atoms with van der Waals surface area (Å²) in [5.41, 5.74) is 0.314. The maximum atomic E-state index is 12.1. The van der Waals surface area contributed by atoms with Gasteiger partial charge in [-0.1, -0.05) is 103 Å². The number of amides is 1. The molecule has 0 aliphatic carbocycles. The molecule has 1 rings (SSSR count). The topological polar surface area (TPSA) is 105 Å². The average Bonchev–Trinajstić information content (AvgIpc) is 2.81. The second kappa shape index (κ2) is 18.9. The molecule has 0 radical (unpaired) electrons. The molecule has 1 unspecified atom stereocenters. The molecule has 0 aliphatic heterocycles. The van der Waals surface area contributed by atoms with Crippen LogP contribution >= 0.6 is 7.60 Å². The summed E-state index contributed by atoms with van der Waals surface area (Å²) in [6.07, 6.45) is 17.9. The van der Waals surface area contributed by atoms with Gasteiger partial charge >= 0.3 is 7.60 Å². The van der Waals surface area contributed by atoms with E-state index in [0.29, 0.717) is 17.9 Å². The lowest BCUT2D eigenvalue weighted by molar-refractivity contribution is -0.126. The van der Waals surface area contributed by atoms with Crippen LogP contribution in [0.3, 0.4) is 0 Å². The van der Waals surface area contributed by atoms with E-state index in [4.69, 9.17) is 9.47 Å². The summed E-state index contributed by atoms with van der Waals surface area (Å²) in [5.74, 6) is -1.39. The minimum Gasteiger partial charge on any atom is -0.497 e. The molecule has 0 spiro atoms. The maximum absolute atomic E-state index is 12.1. The first-order chi connectivity index (χ1) is 16.4. The predicted molar refractivity (Wildman–Crippen MR) is 137 cm³/mol. The Morgan fingerprint density at radius 3 is 1.76 bits per heavy atom. The van der Waals surface area contributed by atoms with Gasteiger partial charge < -0.3 is 24.6 Å². The Kier molecular flexibility index (Phi) is 17.0. The normalized spacial score (nSPS) is 12.5. The van der Waals surface area contributed by atoms with Gasteiger partial charge in [0.05, 0.1) is 7.11 Å². The Morgan fingerprint density at radius 1 is 0.853 bits per heavy atom. The van der Waals surface area contributed by atoms with Crippen LogP contribution in [0, 0.1) is 0 Å². The van der Waals surface area contributed by atoms with Crippen molar-refractivity contribution >= 4 is 13.5 Å². The van der Waals surface area contributed by atoms with Crippen molar-refractivity contribution in [3.05, 3.63) is 29.8 Å². The fraction of sp³-hybridized carbons (Fsp3) is 0.731. The quantitative estimate of drug-likeness (QED) is 0.132. The van der Waals surface area contributed by atoms with E-state index < -0.39 is 19.3 Å². The first-order valence-corrected chi connectivity index (χ1v) is 14.6. The molecule has 34 heavy (non-hydrogen) atoms. The lowest BCUT2D eigenvalue weighted by Crippen LogP contribution is -2.31. The summed E-state index contributed by atoms with van der Waals surface area (Å²) < 4.78 is 22.3. The molecule has 0 aromatic heterocycles. The molecule has 1 atom stereocenters. The lowest BCUT2D eigenvalue weighted by Gasteiger charge is -2.20. The van der Waals surface area contributed by atoms with Crippen LogP contribution < -0.4 is 10.1 Å². The van der Waals surface area contributed by atoms with Gasteiger partial charge in [-0.3, -0.25) is 9.36 Å². The van der Waals surface area contributed by atoms with Gasteiger partial charge in [0, 0.05) is 6.61 Å². The maximum Gasteiger partial charge on any atom is 0.352 e. The molecule has 0 heterocycles. The summed E-state index contributed by atoms with van der Waals surface area (Å²) in [5, 5.41) is 2.40. The Hall–Kier alpha value is -1.40. The fourth-order valence-corrected chi connectivity index (χ4v) is 4.78. The molecule has 3 N–H and O–H groups in total. The number of hydrogen-bond acceptors (Lipinski definition) is 4. The molecular weight excluding hydrogens is 453 g/mol. The van der Waals surface area contributed by atoms with E-state index in [2.05, 4.69) is 12.2 Å². The minimum atomic E-state index is -4.58. The van der Waals surface area contributed by atoms with Crippen LogP contribution in [0.25, 0.3) is 0 Å². The van der Waals surface area contributed by atoms with Gasteiger partial charge in [-0.25, -0.2) is 0 Å². The molecule has 0 fully saturated rings. The SMILES string of the molecule is CCCCCCCCCCCCCCCCOCC(=O)NC(c1ccc(OC)cc1)P(=O)(O)O. The van der Waals surface area contributed by atoms with Crippen LogP contribution in [0.15, 0.2) is 24.3 Å². The van der Waals surface area contributed by atoms with Crippen LogP contribution in [0.5, 0.6) is 5.75 Å². The van der Waals surface area contributed by atoms with Gasteiger partial charge in [-0.2, -0.15) is 0 Å². The Balaban J connectivity index is 2.06. The number of carbonyl (C=O) groups is 1. The van der Waals surface area contributed by atoms with Crippen molar-refractivity contribution < 1.29 is 28.6 Å². The van der Waals surface area contributed by atoms with Gasteiger partial charge in [0.2, 0.25) is 5.91 Å². The molecule has 0 saturated heterocycles. The highest BCUT2D eigenvalue weighted by Crippen LogP contribution is 2.50. The Morgan fingerprint density at radius 2 is 1.32 bits per heavy atom. The van der Waals surface area contributed by atoms with E-state index >= 15 is 0 Å². The number of methoxy groups -OCH3 is 1. The van der Waals surface area contributed by atoms with E-state index in [1.54, 1.807) is 12.1 Å². The van der Waals surface area contributed by atoms with Gasteiger partial charge in [0.25, 0.3) is 0 Å². The third-order valence-corrected chi connectivity index (χ3v) is 7.04. The van der Waals surface area contributed by atoms with Crippen LogP contribution in [0.2, 0.25) is 0 Å². The molecule has 0 aliphatic rings. The zero-order valence-electron chi connectivity index (χ0n) is 21.2. The van der Waals surface area contributed by atoms with Gasteiger partial charge in [0.1, 0.15) is 12.4 Å². The number of rotatable bonds is 21. The largest absolute Gasteiger partial charge is 0.497 e. The highest BCUT2D eigenvalue weighted by atomic mass is 31.2. The van der Waals surface area contributed by atoms with Crippen molar-refractivity contribution in [2.45, 2.75) is 103 Å². The fourth-order valence-electron chi connectivity index (χ4n) is 3.91. The monoisotopic (exact) mass is 499 g/mol. The number of benzene rings is 1. The molecule has 196 valence electrons. The standard InChI is InChI=1S/C26H46NO6P/c1-3-4-5-6-7-8-9-10-11-12-13-14-15-16-21-33-22-25(28)27-26(34(29,30)31)23-17-19-24(32-2)20-18-23/h17-20,26H,3-16,21-22H2,1-2H3,(H,27,28)(H2,29,30,31). The molecule has 8 heteroatoms. The van der Waals surface area contributed by atoms with Crippen molar-refractivity contribution in [1.82, 2.24) is 5.32 Å². The van der Waals surface area contributed by atoms with Gasteiger partial charge in [0.15, 0.2) is 5.78 Å². The first-order valence-electron chi connectivity index (χ1n) is 12.9. The Labute approximate surface area is 206 Å². The number of hydrogen-bond donors (Lipinski definition) is 3. The number of unbranched alkanes of at least 4 members (excludes halogenated alkanes) is 13. The summed E-state index contributed by atoms with van der Waals surface area (Å²) >= 11 is 0. The molecule has 7 nitrogen and oxygen atoms in total. The van der Waals surface area contributed by atoms with E-state index in [1.807, 2.05) is 0 Å². The number of nitrogens with one attached hydrogen (secondary N) is 1. The van der Waals surface area contributed by atoms with E-state index in [0.717, 1.165) is 12.8 Å². The summed E-state index contributed by atoms with van der Waals surface area (Å²) in [4.78, 5) is 31.4. The van der Waals surface area contributed by atoms with Crippen LogP contribution in [0.1, 0.15) is 108 Å². The van der Waals surface area contributed by atoms with Crippen LogP contribution in [-0.2, 0) is 14.1 Å².